The average Bonchev–Trinajstić information content (AvgIpc) is 3.31. The summed E-state index contributed by atoms with van der Waals surface area (Å²) in [6.45, 7) is 2.48. The van der Waals surface area contributed by atoms with Crippen LogP contribution in [0.2, 0.25) is 0 Å². The molecule has 1 aromatic carbocycles. The summed E-state index contributed by atoms with van der Waals surface area (Å²) in [6.07, 6.45) is 10.6. The number of para-hydroxylation sites is 2. The third-order valence-corrected chi connectivity index (χ3v) is 7.36. The number of piperidine rings is 2. The first-order valence-corrected chi connectivity index (χ1v) is 11.6. The number of hydrogen-bond donors (Lipinski definition) is 2. The van der Waals surface area contributed by atoms with Crippen molar-refractivity contribution in [3.05, 3.63) is 42.5 Å². The smallest absolute Gasteiger partial charge is 0.238 e. The summed E-state index contributed by atoms with van der Waals surface area (Å²) < 4.78 is 1.92. The molecule has 7 heteroatoms. The van der Waals surface area contributed by atoms with Gasteiger partial charge in [0.05, 0.1) is 17.9 Å². The highest BCUT2D eigenvalue weighted by Gasteiger charge is 2.50. The van der Waals surface area contributed by atoms with Gasteiger partial charge in [-0.15, -0.1) is 0 Å². The van der Waals surface area contributed by atoms with Gasteiger partial charge in [-0.25, -0.2) is 4.98 Å². The minimum Gasteiger partial charge on any atom is -0.382 e. The van der Waals surface area contributed by atoms with Crippen molar-refractivity contribution in [1.82, 2.24) is 14.5 Å². The Morgan fingerprint density at radius 1 is 1.16 bits per heavy atom. The van der Waals surface area contributed by atoms with Gasteiger partial charge in [0.2, 0.25) is 5.91 Å². The second-order valence-corrected chi connectivity index (χ2v) is 9.47. The molecule has 0 unspecified atom stereocenters. The second kappa shape index (κ2) is 8.28. The molecule has 2 N–H and O–H groups in total. The number of anilines is 2. The van der Waals surface area contributed by atoms with Gasteiger partial charge in [0.1, 0.15) is 11.4 Å². The van der Waals surface area contributed by atoms with Crippen molar-refractivity contribution in [1.29, 1.82) is 0 Å². The van der Waals surface area contributed by atoms with Gasteiger partial charge in [-0.1, -0.05) is 12.1 Å². The van der Waals surface area contributed by atoms with Crippen LogP contribution >= 0.6 is 0 Å². The van der Waals surface area contributed by atoms with Gasteiger partial charge in [-0.05, 0) is 57.1 Å². The van der Waals surface area contributed by atoms with Crippen molar-refractivity contribution in [2.24, 2.45) is 7.05 Å². The zero-order valence-corrected chi connectivity index (χ0v) is 18.3. The lowest BCUT2D eigenvalue weighted by molar-refractivity contribution is -0.121. The highest BCUT2D eigenvalue weighted by atomic mass is 16.3. The van der Waals surface area contributed by atoms with E-state index in [2.05, 4.69) is 26.2 Å². The molecule has 0 spiro atoms. The molecule has 3 fully saturated rings. The number of carbonyl (C=O) groups is 1. The Morgan fingerprint density at radius 2 is 1.87 bits per heavy atom. The van der Waals surface area contributed by atoms with Gasteiger partial charge in [-0.2, -0.15) is 0 Å². The van der Waals surface area contributed by atoms with Crippen LogP contribution in [0.25, 0.3) is 0 Å². The number of aryl methyl sites for hydroxylation is 1. The van der Waals surface area contributed by atoms with Gasteiger partial charge < -0.3 is 19.9 Å². The number of fused-ring (bicyclic) bond motifs is 2. The largest absolute Gasteiger partial charge is 0.382 e. The van der Waals surface area contributed by atoms with Crippen LogP contribution in [0.1, 0.15) is 50.8 Å². The average molecular weight is 424 g/mol. The van der Waals surface area contributed by atoms with Gasteiger partial charge in [-0.3, -0.25) is 9.69 Å². The van der Waals surface area contributed by atoms with E-state index in [9.17, 15) is 9.90 Å². The molecular formula is C24H33N5O2. The molecular weight excluding hydrogens is 390 g/mol. The maximum atomic E-state index is 13.0. The van der Waals surface area contributed by atoms with Crippen LogP contribution in [0.15, 0.2) is 36.7 Å². The van der Waals surface area contributed by atoms with Crippen molar-refractivity contribution in [3.8, 4) is 0 Å². The van der Waals surface area contributed by atoms with Crippen molar-refractivity contribution in [3.63, 3.8) is 0 Å². The van der Waals surface area contributed by atoms with Crippen LogP contribution in [0.4, 0.5) is 11.4 Å². The number of nitrogens with zero attached hydrogens (tertiary/aromatic N) is 4. The Hall–Kier alpha value is -2.38. The number of hydrogen-bond acceptors (Lipinski definition) is 5. The first kappa shape index (κ1) is 20.5. The van der Waals surface area contributed by atoms with Crippen molar-refractivity contribution in [2.45, 2.75) is 62.6 Å². The van der Waals surface area contributed by atoms with Gasteiger partial charge >= 0.3 is 0 Å². The number of imidazole rings is 1. The highest BCUT2D eigenvalue weighted by Crippen LogP contribution is 2.45. The van der Waals surface area contributed by atoms with Crippen molar-refractivity contribution in [2.75, 3.05) is 29.9 Å². The third-order valence-electron chi connectivity index (χ3n) is 7.36. The summed E-state index contributed by atoms with van der Waals surface area (Å²) in [6, 6.07) is 8.57. The fourth-order valence-corrected chi connectivity index (χ4v) is 5.92. The van der Waals surface area contributed by atoms with E-state index in [1.165, 1.54) is 19.3 Å². The summed E-state index contributed by atoms with van der Waals surface area (Å²) in [5.74, 6) is 0.771. The number of rotatable bonds is 5. The predicted molar refractivity (Wildman–Crippen MR) is 121 cm³/mol. The predicted octanol–water partition coefficient (Wildman–Crippen LogP) is 2.86. The number of amides is 1. The Balaban J connectivity index is 1.26. The number of nitrogens with one attached hydrogen (secondary N) is 1. The summed E-state index contributed by atoms with van der Waals surface area (Å²) in [5.41, 5.74) is 1.13. The first-order chi connectivity index (χ1) is 15.0. The van der Waals surface area contributed by atoms with E-state index in [1.54, 1.807) is 6.20 Å². The summed E-state index contributed by atoms with van der Waals surface area (Å²) >= 11 is 0. The molecule has 3 aliphatic heterocycles. The Kier molecular flexibility index (Phi) is 5.48. The lowest BCUT2D eigenvalue weighted by Crippen LogP contribution is -2.52. The number of aromatic nitrogens is 2. The summed E-state index contributed by atoms with van der Waals surface area (Å²) in [7, 11) is 1.93. The minimum atomic E-state index is -0.905. The van der Waals surface area contributed by atoms with Crippen LogP contribution in [-0.4, -0.2) is 57.2 Å². The molecule has 2 atom stereocenters. The van der Waals surface area contributed by atoms with Crippen LogP contribution in [0.3, 0.4) is 0 Å². The maximum Gasteiger partial charge on any atom is 0.238 e. The SMILES string of the molecule is Cn1ccnc1C1(O)C[C@@H]2CC[C@@H](C1)N2CC(=O)Nc1ccccc1N1CCCCC1. The van der Waals surface area contributed by atoms with E-state index >= 15 is 0 Å². The lowest BCUT2D eigenvalue weighted by atomic mass is 9.85. The van der Waals surface area contributed by atoms with Crippen LogP contribution < -0.4 is 10.2 Å². The Morgan fingerprint density at radius 3 is 2.55 bits per heavy atom. The number of carbonyl (C=O) groups excluding carboxylic acids is 1. The Bertz CT molecular complexity index is 922. The molecule has 0 saturated carbocycles. The molecule has 1 amide bonds. The fourth-order valence-electron chi connectivity index (χ4n) is 5.92. The van der Waals surface area contributed by atoms with Crippen molar-refractivity contribution >= 4 is 17.3 Å². The lowest BCUT2D eigenvalue weighted by Gasteiger charge is -2.43. The van der Waals surface area contributed by atoms with E-state index in [-0.39, 0.29) is 18.0 Å². The van der Waals surface area contributed by atoms with Crippen molar-refractivity contribution < 1.29 is 9.90 Å². The Labute approximate surface area is 184 Å². The molecule has 0 aliphatic carbocycles. The zero-order chi connectivity index (χ0) is 21.4. The van der Waals surface area contributed by atoms with Crippen LogP contribution in [0, 0.1) is 0 Å². The molecule has 0 radical (unpaired) electrons. The molecule has 5 rings (SSSR count). The van der Waals surface area contributed by atoms with E-state index in [0.717, 1.165) is 43.1 Å². The van der Waals surface area contributed by atoms with Crippen LogP contribution in [0.5, 0.6) is 0 Å². The molecule has 2 aromatic rings. The standard InChI is InChI=1S/C24H33N5O2/c1-27-14-11-25-23(27)24(31)15-18-9-10-19(16-24)29(18)17-22(30)26-20-7-3-4-8-21(20)28-12-5-2-6-13-28/h3-4,7-8,11,14,18-19,31H,2,5-6,9-10,12-13,15-17H2,1H3,(H,26,30)/t18-,19-/m0/s1. The van der Waals surface area contributed by atoms with E-state index < -0.39 is 5.60 Å². The quantitative estimate of drug-likeness (QED) is 0.774. The van der Waals surface area contributed by atoms with Gasteiger partial charge in [0.25, 0.3) is 0 Å². The van der Waals surface area contributed by atoms with E-state index in [0.29, 0.717) is 19.4 Å². The topological polar surface area (TPSA) is 73.6 Å². The maximum absolute atomic E-state index is 13.0. The summed E-state index contributed by atoms with van der Waals surface area (Å²) in [4.78, 5) is 22.1. The minimum absolute atomic E-state index is 0.0313. The molecule has 166 valence electrons. The monoisotopic (exact) mass is 423 g/mol. The van der Waals surface area contributed by atoms with E-state index in [1.807, 2.05) is 36.0 Å². The van der Waals surface area contributed by atoms with Crippen LogP contribution in [-0.2, 0) is 17.4 Å². The molecule has 2 bridgehead atoms. The third kappa shape index (κ3) is 3.96. The highest BCUT2D eigenvalue weighted by molar-refractivity contribution is 5.95. The molecule has 31 heavy (non-hydrogen) atoms. The van der Waals surface area contributed by atoms with E-state index in [4.69, 9.17) is 0 Å². The molecule has 3 saturated heterocycles. The fraction of sp³-hybridized carbons (Fsp3) is 0.583. The number of aliphatic hydroxyl groups is 1. The molecule has 7 nitrogen and oxygen atoms in total. The normalized spacial score (nSPS) is 28.6. The number of benzene rings is 1. The zero-order valence-electron chi connectivity index (χ0n) is 18.3. The van der Waals surface area contributed by atoms with Gasteiger partial charge in [0.15, 0.2) is 0 Å². The molecule has 3 aliphatic rings. The first-order valence-electron chi connectivity index (χ1n) is 11.6. The molecule has 4 heterocycles. The van der Waals surface area contributed by atoms with Gasteiger partial charge in [0, 0.05) is 44.6 Å². The summed E-state index contributed by atoms with van der Waals surface area (Å²) in [5, 5.41) is 14.5. The molecule has 1 aromatic heterocycles. The second-order valence-electron chi connectivity index (χ2n) is 9.47.